The van der Waals surface area contributed by atoms with E-state index in [1.54, 1.807) is 6.33 Å². The molecule has 0 saturated heterocycles. The van der Waals surface area contributed by atoms with Crippen LogP contribution in [0.3, 0.4) is 0 Å². The van der Waals surface area contributed by atoms with Gasteiger partial charge >= 0.3 is 0 Å². The van der Waals surface area contributed by atoms with E-state index in [4.69, 9.17) is 5.84 Å². The molecule has 2 aliphatic rings. The standard InChI is InChI=1S/C16H20N6O2/c17-21-15-14-16(19-7-18-15)22(8-20-14)11-5-10(6-13(11)24)12(23)4-3-9-1-2-9/h7-13,23-24H,1-2,5-6,17H2,(H,18,19,21)/t10-,11+,12+,13+/m0/s1. The average molecular weight is 328 g/mol. The van der Waals surface area contributed by atoms with Gasteiger partial charge in [0.2, 0.25) is 5.49 Å². The van der Waals surface area contributed by atoms with Gasteiger partial charge in [-0.05, 0) is 25.7 Å². The number of imidazole rings is 1. The lowest BCUT2D eigenvalue weighted by atomic mass is 10.0. The van der Waals surface area contributed by atoms with Crippen LogP contribution in [0.25, 0.3) is 11.2 Å². The Balaban J connectivity index is 1.60. The number of fused-ring (bicyclic) bond motifs is 1. The minimum atomic E-state index is -0.694. The van der Waals surface area contributed by atoms with E-state index >= 15 is 0 Å². The lowest BCUT2D eigenvalue weighted by molar-refractivity contribution is 0.124. The van der Waals surface area contributed by atoms with Gasteiger partial charge in [0, 0.05) is 11.8 Å². The fourth-order valence-corrected chi connectivity index (χ4v) is 3.37. The number of rotatable bonds is 2. The van der Waals surface area contributed by atoms with E-state index in [9.17, 15) is 10.2 Å². The summed E-state index contributed by atoms with van der Waals surface area (Å²) in [6, 6.07) is -0.179. The Kier molecular flexibility index (Phi) is 3.75. The van der Waals surface area contributed by atoms with Crippen molar-refractivity contribution < 1.29 is 10.2 Å². The average Bonchev–Trinajstić information content (AvgIpc) is 3.20. The van der Waals surface area contributed by atoms with Gasteiger partial charge in [0.15, 0.2) is 5.52 Å². The number of aliphatic hydroxyl groups is 2. The molecular formula is C16H20N6O2. The first kappa shape index (κ1) is 15.2. The summed E-state index contributed by atoms with van der Waals surface area (Å²) >= 11 is 0. The van der Waals surface area contributed by atoms with Gasteiger partial charge in [-0.25, -0.2) is 9.97 Å². The summed E-state index contributed by atoms with van der Waals surface area (Å²) in [5.74, 6) is 11.8. The largest absolute Gasteiger partial charge is 0.391 e. The molecule has 0 spiro atoms. The second-order valence-corrected chi connectivity index (χ2v) is 6.58. The summed E-state index contributed by atoms with van der Waals surface area (Å²) in [6.45, 7) is 0. The molecule has 2 fully saturated rings. The van der Waals surface area contributed by atoms with Crippen LogP contribution in [0, 0.1) is 23.7 Å². The van der Waals surface area contributed by atoms with Crippen LogP contribution in [-0.2, 0) is 0 Å². The number of nitrogens with one attached hydrogen (secondary N) is 1. The SMILES string of the molecule is N/N=c1/nc[nH]c2c1ncn2[C@@H]1C[C@H]([C@H](O)C#CC2CC2)C[C@H]1O. The molecule has 2 heterocycles. The van der Waals surface area contributed by atoms with Crippen molar-refractivity contribution in [2.45, 2.75) is 43.9 Å². The van der Waals surface area contributed by atoms with Crippen molar-refractivity contribution in [2.24, 2.45) is 22.8 Å². The summed E-state index contributed by atoms with van der Waals surface area (Å²) in [5, 5.41) is 24.4. The maximum Gasteiger partial charge on any atom is 0.202 e. The highest BCUT2D eigenvalue weighted by atomic mass is 16.3. The van der Waals surface area contributed by atoms with Gasteiger partial charge in [0.05, 0.1) is 24.8 Å². The topological polar surface area (TPSA) is 125 Å². The molecule has 0 radical (unpaired) electrons. The lowest BCUT2D eigenvalue weighted by Gasteiger charge is -2.17. The van der Waals surface area contributed by atoms with Crippen LogP contribution in [0.15, 0.2) is 17.8 Å². The third-order valence-corrected chi connectivity index (χ3v) is 4.87. The predicted molar refractivity (Wildman–Crippen MR) is 85.9 cm³/mol. The first-order chi connectivity index (χ1) is 11.7. The molecule has 8 nitrogen and oxygen atoms in total. The van der Waals surface area contributed by atoms with Crippen molar-refractivity contribution in [1.29, 1.82) is 0 Å². The summed E-state index contributed by atoms with van der Waals surface area (Å²) in [6.07, 6.45) is 5.31. The Morgan fingerprint density at radius 3 is 2.96 bits per heavy atom. The highest BCUT2D eigenvalue weighted by molar-refractivity contribution is 5.68. The number of nitrogens with zero attached hydrogens (tertiary/aromatic N) is 4. The lowest BCUT2D eigenvalue weighted by Crippen LogP contribution is -2.19. The molecule has 5 N–H and O–H groups in total. The van der Waals surface area contributed by atoms with Crippen molar-refractivity contribution >= 4 is 11.2 Å². The van der Waals surface area contributed by atoms with Gasteiger partial charge in [-0.2, -0.15) is 5.10 Å². The number of nitrogens with two attached hydrogens (primary N) is 1. The number of aromatic nitrogens is 4. The van der Waals surface area contributed by atoms with Crippen LogP contribution in [0.2, 0.25) is 0 Å². The zero-order chi connectivity index (χ0) is 16.7. The molecule has 0 bridgehead atoms. The number of hydrogen-bond donors (Lipinski definition) is 4. The van der Waals surface area contributed by atoms with Crippen molar-refractivity contribution in [3.8, 4) is 11.8 Å². The Hall–Kier alpha value is -2.37. The molecule has 24 heavy (non-hydrogen) atoms. The minimum absolute atomic E-state index is 0.0470. The van der Waals surface area contributed by atoms with Crippen LogP contribution >= 0.6 is 0 Å². The van der Waals surface area contributed by atoms with Crippen LogP contribution in [-0.4, -0.2) is 41.9 Å². The Labute approximate surface area is 138 Å². The molecule has 2 aliphatic carbocycles. The molecule has 126 valence electrons. The highest BCUT2D eigenvalue weighted by Gasteiger charge is 2.38. The monoisotopic (exact) mass is 328 g/mol. The van der Waals surface area contributed by atoms with E-state index in [1.807, 2.05) is 4.57 Å². The van der Waals surface area contributed by atoms with Crippen LogP contribution in [0.5, 0.6) is 0 Å². The maximum absolute atomic E-state index is 10.5. The molecule has 0 aromatic carbocycles. The van der Waals surface area contributed by atoms with Crippen molar-refractivity contribution in [3.63, 3.8) is 0 Å². The number of hydrogen-bond acceptors (Lipinski definition) is 6. The molecule has 0 aliphatic heterocycles. The quantitative estimate of drug-likeness (QED) is 0.340. The van der Waals surface area contributed by atoms with Crippen LogP contribution in [0.4, 0.5) is 0 Å². The maximum atomic E-state index is 10.5. The Bertz CT molecular complexity index is 872. The molecule has 0 amide bonds. The number of aromatic amines is 1. The normalized spacial score (nSPS) is 28.8. The number of aliphatic hydroxyl groups excluding tert-OH is 2. The summed E-state index contributed by atoms with van der Waals surface area (Å²) in [7, 11) is 0. The molecule has 2 saturated carbocycles. The van der Waals surface area contributed by atoms with Gasteiger partial charge in [-0.3, -0.25) is 0 Å². The third kappa shape index (κ3) is 2.66. The molecule has 8 heteroatoms. The van der Waals surface area contributed by atoms with Gasteiger partial charge in [0.1, 0.15) is 11.8 Å². The van der Waals surface area contributed by atoms with Gasteiger partial charge < -0.3 is 25.6 Å². The second kappa shape index (κ2) is 5.92. The smallest absolute Gasteiger partial charge is 0.202 e. The fraction of sp³-hybridized carbons (Fsp3) is 0.562. The number of H-pyrrole nitrogens is 1. The van der Waals surface area contributed by atoms with E-state index in [2.05, 4.69) is 31.9 Å². The first-order valence-electron chi connectivity index (χ1n) is 8.18. The molecule has 4 atom stereocenters. The van der Waals surface area contributed by atoms with Crippen molar-refractivity contribution in [3.05, 3.63) is 18.1 Å². The van der Waals surface area contributed by atoms with Crippen LogP contribution in [0.1, 0.15) is 31.7 Å². The third-order valence-electron chi connectivity index (χ3n) is 4.87. The second-order valence-electron chi connectivity index (χ2n) is 6.58. The summed E-state index contributed by atoms with van der Waals surface area (Å²) < 4.78 is 1.87. The molecule has 2 aromatic rings. The minimum Gasteiger partial charge on any atom is -0.391 e. The van der Waals surface area contributed by atoms with E-state index < -0.39 is 12.2 Å². The van der Waals surface area contributed by atoms with E-state index in [0.29, 0.717) is 35.4 Å². The van der Waals surface area contributed by atoms with Crippen molar-refractivity contribution in [2.75, 3.05) is 0 Å². The molecular weight excluding hydrogens is 308 g/mol. The Morgan fingerprint density at radius 2 is 2.21 bits per heavy atom. The van der Waals surface area contributed by atoms with Gasteiger partial charge in [-0.15, -0.1) is 0 Å². The molecule has 0 unspecified atom stereocenters. The van der Waals surface area contributed by atoms with Gasteiger partial charge in [0.25, 0.3) is 0 Å². The van der Waals surface area contributed by atoms with Gasteiger partial charge in [-0.1, -0.05) is 11.8 Å². The van der Waals surface area contributed by atoms with Crippen molar-refractivity contribution in [1.82, 2.24) is 19.5 Å². The Morgan fingerprint density at radius 1 is 1.38 bits per heavy atom. The molecule has 4 rings (SSSR count). The zero-order valence-corrected chi connectivity index (χ0v) is 13.1. The molecule has 2 aromatic heterocycles. The van der Waals surface area contributed by atoms with Crippen LogP contribution < -0.4 is 11.3 Å². The van der Waals surface area contributed by atoms with E-state index in [0.717, 1.165) is 12.8 Å². The van der Waals surface area contributed by atoms with E-state index in [1.165, 1.54) is 6.33 Å². The highest BCUT2D eigenvalue weighted by Crippen LogP contribution is 2.38. The van der Waals surface area contributed by atoms with E-state index in [-0.39, 0.29) is 12.0 Å². The predicted octanol–water partition coefficient (Wildman–Crippen LogP) is -0.380. The summed E-state index contributed by atoms with van der Waals surface area (Å²) in [5.41, 5.74) is 1.61. The zero-order valence-electron chi connectivity index (χ0n) is 13.1. The summed E-state index contributed by atoms with van der Waals surface area (Å²) in [4.78, 5) is 11.4. The first-order valence-corrected chi connectivity index (χ1v) is 8.18. The fourth-order valence-electron chi connectivity index (χ4n) is 3.37.